The molecule has 0 atom stereocenters. The van der Waals surface area contributed by atoms with Crippen LogP contribution in [0.1, 0.15) is 5.56 Å². The molecule has 0 aliphatic rings. The van der Waals surface area contributed by atoms with Crippen LogP contribution in [0, 0.1) is 10.1 Å². The first-order valence-corrected chi connectivity index (χ1v) is 6.04. The number of hydrogen-bond donors (Lipinski definition) is 1. The van der Waals surface area contributed by atoms with E-state index in [0.29, 0.717) is 0 Å². The zero-order chi connectivity index (χ0) is 16.3. The number of rotatable bonds is 4. The van der Waals surface area contributed by atoms with Crippen molar-refractivity contribution in [1.29, 1.82) is 0 Å². The number of aromatic nitrogens is 1. The van der Waals surface area contributed by atoms with Gasteiger partial charge in [0.25, 0.3) is 5.91 Å². The number of carbonyl (C=O) groups is 1. The fourth-order valence-electron chi connectivity index (χ4n) is 1.83. The van der Waals surface area contributed by atoms with Crippen molar-refractivity contribution in [3.8, 4) is 0 Å². The highest BCUT2D eigenvalue weighted by molar-refractivity contribution is 5.90. The maximum atomic E-state index is 12.6. The monoisotopic (exact) mass is 313 g/mol. The van der Waals surface area contributed by atoms with Crippen molar-refractivity contribution >= 4 is 17.4 Å². The predicted octanol–water partition coefficient (Wildman–Crippen LogP) is 3.05. The smallest absolute Gasteiger partial charge is 0.358 e. The summed E-state index contributed by atoms with van der Waals surface area (Å²) in [6.45, 7) is -0.375. The summed E-state index contributed by atoms with van der Waals surface area (Å²) < 4.78 is 38.8. The average molecular weight is 313 g/mol. The van der Waals surface area contributed by atoms with Crippen molar-refractivity contribution in [3.63, 3.8) is 0 Å². The first-order valence-electron chi connectivity index (χ1n) is 6.04. The van der Waals surface area contributed by atoms with Crippen molar-refractivity contribution in [3.05, 3.63) is 58.3 Å². The lowest BCUT2D eigenvalue weighted by Crippen LogP contribution is -2.19. The Morgan fingerprint density at radius 2 is 2.00 bits per heavy atom. The van der Waals surface area contributed by atoms with E-state index in [-0.39, 0.29) is 18.1 Å². The van der Waals surface area contributed by atoms with Gasteiger partial charge in [0.1, 0.15) is 0 Å². The molecule has 1 heterocycles. The molecular weight excluding hydrogens is 303 g/mol. The second-order valence-corrected chi connectivity index (χ2v) is 4.38. The molecule has 0 unspecified atom stereocenters. The third kappa shape index (κ3) is 3.62. The van der Waals surface area contributed by atoms with Crippen molar-refractivity contribution < 1.29 is 22.9 Å². The van der Waals surface area contributed by atoms with Gasteiger partial charge in [-0.05, 0) is 29.2 Å². The van der Waals surface area contributed by atoms with Crippen LogP contribution in [0.25, 0.3) is 0 Å². The first-order chi connectivity index (χ1) is 10.3. The number of nitrogens with one attached hydrogen (secondary N) is 1. The van der Waals surface area contributed by atoms with Crippen LogP contribution in [-0.4, -0.2) is 15.4 Å². The quantitative estimate of drug-likeness (QED) is 0.696. The Kier molecular flexibility index (Phi) is 4.15. The zero-order valence-electron chi connectivity index (χ0n) is 11.0. The van der Waals surface area contributed by atoms with Gasteiger partial charge in [0.15, 0.2) is 6.54 Å². The van der Waals surface area contributed by atoms with E-state index >= 15 is 0 Å². The van der Waals surface area contributed by atoms with Gasteiger partial charge < -0.3 is 15.4 Å². The average Bonchev–Trinajstić information content (AvgIpc) is 2.86. The van der Waals surface area contributed by atoms with E-state index in [0.717, 1.165) is 22.8 Å². The number of hydrogen-bond acceptors (Lipinski definition) is 3. The minimum atomic E-state index is -4.51. The molecule has 0 bridgehead atoms. The van der Waals surface area contributed by atoms with Crippen molar-refractivity contribution in [2.45, 2.75) is 12.7 Å². The lowest BCUT2D eigenvalue weighted by atomic mass is 10.2. The Bertz CT molecular complexity index is 710. The summed E-state index contributed by atoms with van der Waals surface area (Å²) in [6, 6.07) is 6.76. The van der Waals surface area contributed by atoms with Gasteiger partial charge in [-0.25, -0.2) is 4.57 Å². The van der Waals surface area contributed by atoms with Crippen LogP contribution in [0.15, 0.2) is 42.6 Å². The van der Waals surface area contributed by atoms with Gasteiger partial charge in [0.05, 0.1) is 11.8 Å². The highest BCUT2D eigenvalue weighted by atomic mass is 19.4. The Labute approximate surface area is 122 Å². The summed E-state index contributed by atoms with van der Waals surface area (Å²) >= 11 is 0. The first kappa shape index (κ1) is 15.5. The van der Waals surface area contributed by atoms with Gasteiger partial charge in [-0.15, -0.1) is 0 Å². The second kappa shape index (κ2) is 5.88. The molecule has 0 fully saturated rings. The molecule has 2 aromatic rings. The van der Waals surface area contributed by atoms with Crippen LogP contribution >= 0.6 is 0 Å². The molecule has 2 rings (SSSR count). The molecule has 0 aliphatic carbocycles. The minimum absolute atomic E-state index is 0.0327. The van der Waals surface area contributed by atoms with Gasteiger partial charge in [-0.1, -0.05) is 6.07 Å². The van der Waals surface area contributed by atoms with Gasteiger partial charge in [-0.3, -0.25) is 4.79 Å². The molecule has 0 saturated heterocycles. The largest absolute Gasteiger partial charge is 0.416 e. The highest BCUT2D eigenvalue weighted by Gasteiger charge is 2.30. The van der Waals surface area contributed by atoms with Crippen LogP contribution in [0.5, 0.6) is 0 Å². The summed E-state index contributed by atoms with van der Waals surface area (Å²) in [5, 5.41) is 13.0. The van der Waals surface area contributed by atoms with E-state index in [1.165, 1.54) is 24.4 Å². The molecule has 9 heteroatoms. The van der Waals surface area contributed by atoms with E-state index in [1.807, 2.05) is 0 Å². The normalized spacial score (nSPS) is 11.2. The highest BCUT2D eigenvalue weighted by Crippen LogP contribution is 2.30. The van der Waals surface area contributed by atoms with Crippen molar-refractivity contribution in [2.75, 3.05) is 5.32 Å². The summed E-state index contributed by atoms with van der Waals surface area (Å²) in [5.41, 5.74) is -0.924. The number of alkyl halides is 3. The van der Waals surface area contributed by atoms with E-state index in [2.05, 4.69) is 5.32 Å². The molecule has 0 radical (unpaired) electrons. The fourth-order valence-corrected chi connectivity index (χ4v) is 1.83. The summed E-state index contributed by atoms with van der Waals surface area (Å²) in [4.78, 5) is 21.8. The maximum absolute atomic E-state index is 12.6. The van der Waals surface area contributed by atoms with E-state index < -0.39 is 22.6 Å². The number of nitro groups is 1. The molecule has 1 amide bonds. The number of amides is 1. The lowest BCUT2D eigenvalue weighted by molar-refractivity contribution is -0.391. The summed E-state index contributed by atoms with van der Waals surface area (Å²) in [6.07, 6.45) is -3.18. The second-order valence-electron chi connectivity index (χ2n) is 4.38. The molecule has 1 aromatic heterocycles. The zero-order valence-corrected chi connectivity index (χ0v) is 11.0. The third-order valence-corrected chi connectivity index (χ3v) is 2.78. The predicted molar refractivity (Wildman–Crippen MR) is 71.2 cm³/mol. The van der Waals surface area contributed by atoms with Crippen molar-refractivity contribution in [1.82, 2.24) is 4.57 Å². The maximum Gasteiger partial charge on any atom is 0.416 e. The number of halogens is 3. The Balaban J connectivity index is 2.09. The van der Waals surface area contributed by atoms with Crippen molar-refractivity contribution in [2.24, 2.45) is 0 Å². The Morgan fingerprint density at radius 1 is 1.27 bits per heavy atom. The topological polar surface area (TPSA) is 77.2 Å². The molecule has 116 valence electrons. The minimum Gasteiger partial charge on any atom is -0.358 e. The van der Waals surface area contributed by atoms with Crippen LogP contribution in [0.3, 0.4) is 0 Å². The fraction of sp³-hybridized carbons (Fsp3) is 0.154. The molecule has 0 spiro atoms. The summed E-state index contributed by atoms with van der Waals surface area (Å²) in [5.74, 6) is -0.946. The molecule has 0 aliphatic heterocycles. The van der Waals surface area contributed by atoms with Crippen LogP contribution in [0.2, 0.25) is 0 Å². The molecular formula is C13H10F3N3O3. The van der Waals surface area contributed by atoms with E-state index in [1.54, 1.807) is 0 Å². The molecule has 6 nitrogen and oxygen atoms in total. The molecule has 0 saturated carbocycles. The van der Waals surface area contributed by atoms with Gasteiger partial charge in [0, 0.05) is 11.8 Å². The van der Waals surface area contributed by atoms with Gasteiger partial charge in [-0.2, -0.15) is 13.2 Å². The van der Waals surface area contributed by atoms with Crippen LogP contribution < -0.4 is 5.32 Å². The number of carbonyl (C=O) groups excluding carboxylic acids is 1. The lowest BCUT2D eigenvalue weighted by Gasteiger charge is -2.09. The van der Waals surface area contributed by atoms with Crippen LogP contribution in [0.4, 0.5) is 24.7 Å². The Morgan fingerprint density at radius 3 is 2.64 bits per heavy atom. The van der Waals surface area contributed by atoms with Gasteiger partial charge >= 0.3 is 12.0 Å². The number of nitrogens with zero attached hydrogens (tertiary/aromatic N) is 2. The summed E-state index contributed by atoms with van der Waals surface area (Å²) in [7, 11) is 0. The number of benzene rings is 1. The molecule has 1 N–H and O–H groups in total. The standard InChI is InChI=1S/C13H10F3N3O3/c14-13(15,16)9-3-1-4-10(7-9)17-11(20)8-18-6-2-5-12(18)19(21)22/h1-7H,8H2,(H,17,20). The van der Waals surface area contributed by atoms with E-state index in [4.69, 9.17) is 0 Å². The Hall–Kier alpha value is -2.84. The van der Waals surface area contributed by atoms with Gasteiger partial charge in [0.2, 0.25) is 0 Å². The molecule has 1 aromatic carbocycles. The third-order valence-electron chi connectivity index (χ3n) is 2.78. The SMILES string of the molecule is O=C(Cn1cccc1[N+](=O)[O-])Nc1cccc(C(F)(F)F)c1. The van der Waals surface area contributed by atoms with Crippen LogP contribution in [-0.2, 0) is 17.5 Å². The van der Waals surface area contributed by atoms with E-state index in [9.17, 15) is 28.1 Å². The number of anilines is 1. The molecule has 22 heavy (non-hydrogen) atoms.